The molecule has 1 heterocycles. The van der Waals surface area contributed by atoms with Gasteiger partial charge in [0.15, 0.2) is 0 Å². The molecular formula is C18H17NO4. The van der Waals surface area contributed by atoms with E-state index in [9.17, 15) is 9.59 Å². The van der Waals surface area contributed by atoms with E-state index < -0.39 is 6.09 Å². The molecule has 1 fully saturated rings. The third-order valence-electron chi connectivity index (χ3n) is 3.84. The molecule has 0 aliphatic carbocycles. The van der Waals surface area contributed by atoms with Crippen LogP contribution in [0, 0.1) is 0 Å². The second kappa shape index (κ2) is 6.52. The molecule has 0 radical (unpaired) electrons. The first kappa shape index (κ1) is 15.1. The highest BCUT2D eigenvalue weighted by Crippen LogP contribution is 2.28. The van der Waals surface area contributed by atoms with Crippen LogP contribution in [-0.4, -0.2) is 30.6 Å². The van der Waals surface area contributed by atoms with Crippen LogP contribution in [0.25, 0.3) is 0 Å². The van der Waals surface area contributed by atoms with E-state index in [1.165, 1.54) is 4.90 Å². The van der Waals surface area contributed by atoms with Gasteiger partial charge in [-0.25, -0.2) is 9.69 Å². The van der Waals surface area contributed by atoms with Crippen LogP contribution in [0.15, 0.2) is 54.6 Å². The fraction of sp³-hybridized carbons (Fsp3) is 0.222. The number of hydrogen-bond acceptors (Lipinski definition) is 4. The summed E-state index contributed by atoms with van der Waals surface area (Å²) in [4.78, 5) is 25.7. The van der Waals surface area contributed by atoms with E-state index in [-0.39, 0.29) is 25.0 Å². The molecule has 0 saturated carbocycles. The number of rotatable bonds is 4. The van der Waals surface area contributed by atoms with Crippen LogP contribution >= 0.6 is 0 Å². The molecule has 0 unspecified atom stereocenters. The van der Waals surface area contributed by atoms with Gasteiger partial charge in [0.1, 0.15) is 18.4 Å². The molecule has 118 valence electrons. The molecule has 23 heavy (non-hydrogen) atoms. The second-order valence-electron chi connectivity index (χ2n) is 5.29. The Morgan fingerprint density at radius 2 is 1.87 bits per heavy atom. The highest BCUT2D eigenvalue weighted by atomic mass is 16.6. The zero-order chi connectivity index (χ0) is 16.2. The number of ether oxygens (including phenoxy) is 2. The number of cyclic esters (lactones) is 1. The molecule has 2 amide bonds. The fourth-order valence-electron chi connectivity index (χ4n) is 2.62. The van der Waals surface area contributed by atoms with Crippen LogP contribution in [0.2, 0.25) is 0 Å². The van der Waals surface area contributed by atoms with E-state index in [1.807, 2.05) is 42.5 Å². The third kappa shape index (κ3) is 3.18. The van der Waals surface area contributed by atoms with Gasteiger partial charge in [-0.2, -0.15) is 0 Å². The van der Waals surface area contributed by atoms with Crippen LogP contribution in [0.5, 0.6) is 5.75 Å². The van der Waals surface area contributed by atoms with Crippen molar-refractivity contribution < 1.29 is 19.1 Å². The quantitative estimate of drug-likeness (QED) is 0.871. The van der Waals surface area contributed by atoms with Gasteiger partial charge < -0.3 is 9.47 Å². The Morgan fingerprint density at radius 1 is 1.17 bits per heavy atom. The summed E-state index contributed by atoms with van der Waals surface area (Å²) < 4.78 is 10.2. The van der Waals surface area contributed by atoms with Gasteiger partial charge >= 0.3 is 6.09 Å². The first-order valence-corrected chi connectivity index (χ1v) is 7.35. The van der Waals surface area contributed by atoms with Gasteiger partial charge in [0.25, 0.3) is 0 Å². The molecule has 0 N–H and O–H groups in total. The van der Waals surface area contributed by atoms with Crippen LogP contribution in [0.1, 0.15) is 17.2 Å². The van der Waals surface area contributed by atoms with E-state index in [1.54, 1.807) is 19.2 Å². The van der Waals surface area contributed by atoms with Crippen molar-refractivity contribution in [3.63, 3.8) is 0 Å². The van der Waals surface area contributed by atoms with E-state index >= 15 is 0 Å². The lowest BCUT2D eigenvalue weighted by Gasteiger charge is -2.20. The molecule has 5 nitrogen and oxygen atoms in total. The van der Waals surface area contributed by atoms with Gasteiger partial charge in [-0.05, 0) is 23.3 Å². The van der Waals surface area contributed by atoms with Gasteiger partial charge in [-0.3, -0.25) is 4.79 Å². The van der Waals surface area contributed by atoms with Crippen molar-refractivity contribution >= 4 is 12.0 Å². The summed E-state index contributed by atoms with van der Waals surface area (Å²) in [5.74, 6) is 0.454. The first-order chi connectivity index (χ1) is 11.2. The molecule has 2 aromatic carbocycles. The lowest BCUT2D eigenvalue weighted by atomic mass is 10.1. The zero-order valence-corrected chi connectivity index (χ0v) is 12.8. The first-order valence-electron chi connectivity index (χ1n) is 7.35. The molecule has 0 spiro atoms. The molecule has 1 atom stereocenters. The normalized spacial score (nSPS) is 17.0. The van der Waals surface area contributed by atoms with Gasteiger partial charge in [0.2, 0.25) is 5.91 Å². The van der Waals surface area contributed by atoms with E-state index in [4.69, 9.17) is 9.47 Å². The molecule has 0 aromatic heterocycles. The predicted octanol–water partition coefficient (Wildman–Crippen LogP) is 2.96. The summed E-state index contributed by atoms with van der Waals surface area (Å²) >= 11 is 0. The number of hydrogen-bond donors (Lipinski definition) is 0. The lowest BCUT2D eigenvalue weighted by Crippen LogP contribution is -2.35. The highest BCUT2D eigenvalue weighted by Gasteiger charge is 2.38. The average molecular weight is 311 g/mol. The standard InChI is InChI=1S/C18H17NO4/c1-22-15-9-7-13(8-10-15)11-17(20)19-16(12-23-18(19)21)14-5-3-2-4-6-14/h2-10,16H,11-12H2,1H3/t16-/m0/s1. The Balaban J connectivity index is 1.77. The Labute approximate surface area is 134 Å². The topological polar surface area (TPSA) is 55.8 Å². The summed E-state index contributed by atoms with van der Waals surface area (Å²) in [5.41, 5.74) is 1.71. The Kier molecular flexibility index (Phi) is 4.28. The SMILES string of the molecule is COc1ccc(CC(=O)N2C(=O)OC[C@H]2c2ccccc2)cc1. The minimum Gasteiger partial charge on any atom is -0.497 e. The zero-order valence-electron chi connectivity index (χ0n) is 12.8. The molecule has 2 aromatic rings. The number of benzene rings is 2. The summed E-state index contributed by atoms with van der Waals surface area (Å²) in [7, 11) is 1.59. The fourth-order valence-corrected chi connectivity index (χ4v) is 2.62. The van der Waals surface area contributed by atoms with Crippen molar-refractivity contribution in [2.45, 2.75) is 12.5 Å². The van der Waals surface area contributed by atoms with Gasteiger partial charge in [-0.1, -0.05) is 42.5 Å². The maximum absolute atomic E-state index is 12.6. The van der Waals surface area contributed by atoms with E-state index in [2.05, 4.69) is 0 Å². The number of imide groups is 1. The van der Waals surface area contributed by atoms with Crippen molar-refractivity contribution in [3.05, 3.63) is 65.7 Å². The largest absolute Gasteiger partial charge is 0.497 e. The minimum atomic E-state index is -0.586. The molecule has 1 saturated heterocycles. The van der Waals surface area contributed by atoms with Crippen LogP contribution < -0.4 is 4.74 Å². The van der Waals surface area contributed by atoms with Crippen molar-refractivity contribution in [2.24, 2.45) is 0 Å². The van der Waals surface area contributed by atoms with Crippen molar-refractivity contribution in [1.29, 1.82) is 0 Å². The smallest absolute Gasteiger partial charge is 0.417 e. The predicted molar refractivity (Wildman–Crippen MR) is 84.1 cm³/mol. The summed E-state index contributed by atoms with van der Waals surface area (Å²) in [6, 6.07) is 16.3. The van der Waals surface area contributed by atoms with Crippen LogP contribution in [-0.2, 0) is 16.0 Å². The Bertz CT molecular complexity index is 697. The number of amides is 2. The van der Waals surface area contributed by atoms with Gasteiger partial charge in [0.05, 0.1) is 13.5 Å². The summed E-state index contributed by atoms with van der Waals surface area (Å²) in [6.45, 7) is 0.192. The molecule has 3 rings (SSSR count). The minimum absolute atomic E-state index is 0.141. The van der Waals surface area contributed by atoms with E-state index in [0.29, 0.717) is 0 Å². The molecule has 5 heteroatoms. The average Bonchev–Trinajstić information content (AvgIpc) is 2.98. The molecule has 1 aliphatic heterocycles. The number of carbonyl (C=O) groups excluding carboxylic acids is 2. The molecule has 1 aliphatic rings. The van der Waals surface area contributed by atoms with Crippen LogP contribution in [0.4, 0.5) is 4.79 Å². The Morgan fingerprint density at radius 3 is 2.52 bits per heavy atom. The number of nitrogens with zero attached hydrogens (tertiary/aromatic N) is 1. The maximum atomic E-state index is 12.6. The number of methoxy groups -OCH3 is 1. The second-order valence-corrected chi connectivity index (χ2v) is 5.29. The summed E-state index contributed by atoms with van der Waals surface area (Å²) in [5, 5.41) is 0. The van der Waals surface area contributed by atoms with Crippen molar-refractivity contribution in [1.82, 2.24) is 4.90 Å². The third-order valence-corrected chi connectivity index (χ3v) is 3.84. The van der Waals surface area contributed by atoms with Gasteiger partial charge in [0, 0.05) is 0 Å². The molecular weight excluding hydrogens is 294 g/mol. The lowest BCUT2D eigenvalue weighted by molar-refractivity contribution is -0.128. The van der Waals surface area contributed by atoms with Crippen LogP contribution in [0.3, 0.4) is 0 Å². The van der Waals surface area contributed by atoms with Crippen molar-refractivity contribution in [3.8, 4) is 5.75 Å². The Hall–Kier alpha value is -2.82. The van der Waals surface area contributed by atoms with Crippen molar-refractivity contribution in [2.75, 3.05) is 13.7 Å². The number of carbonyl (C=O) groups is 2. The highest BCUT2D eigenvalue weighted by molar-refractivity contribution is 5.94. The van der Waals surface area contributed by atoms with E-state index in [0.717, 1.165) is 16.9 Å². The van der Waals surface area contributed by atoms with Gasteiger partial charge in [-0.15, -0.1) is 0 Å². The maximum Gasteiger partial charge on any atom is 0.417 e. The molecule has 0 bridgehead atoms. The summed E-state index contributed by atoms with van der Waals surface area (Å²) in [6.07, 6.45) is -0.444. The monoisotopic (exact) mass is 311 g/mol.